The van der Waals surface area contributed by atoms with Crippen molar-refractivity contribution in [3.8, 4) is 0 Å². The number of hydrogen-bond donors (Lipinski definition) is 2. The van der Waals surface area contributed by atoms with Crippen LogP contribution in [0.5, 0.6) is 0 Å². The summed E-state index contributed by atoms with van der Waals surface area (Å²) in [5.74, 6) is -1.32. The first-order valence-electron chi connectivity index (χ1n) is 5.07. The molecule has 1 aromatic heterocycles. The van der Waals surface area contributed by atoms with Crippen LogP contribution in [-0.2, 0) is 10.4 Å². The zero-order chi connectivity index (χ0) is 12.3. The van der Waals surface area contributed by atoms with Crippen LogP contribution in [0.2, 0.25) is 0 Å². The molecule has 0 bridgehead atoms. The molecule has 0 spiro atoms. The first kappa shape index (κ1) is 11.3. The number of aliphatic carboxylic acids is 1. The van der Waals surface area contributed by atoms with E-state index in [2.05, 4.69) is 4.98 Å². The molecule has 1 unspecified atom stereocenters. The molecule has 2 N–H and O–H groups in total. The molecule has 4 heteroatoms. The lowest BCUT2D eigenvalue weighted by Gasteiger charge is -2.23. The highest BCUT2D eigenvalue weighted by Gasteiger charge is 2.40. The molecule has 0 aliphatic carbocycles. The molecule has 0 saturated heterocycles. The van der Waals surface area contributed by atoms with E-state index in [0.717, 1.165) is 0 Å². The normalized spacial score (nSPS) is 13.9. The fourth-order valence-electron chi connectivity index (χ4n) is 1.67. The average molecular weight is 229 g/mol. The molecule has 0 amide bonds. The molecule has 0 saturated carbocycles. The third-order valence-electron chi connectivity index (χ3n) is 2.58. The van der Waals surface area contributed by atoms with E-state index in [1.165, 1.54) is 18.5 Å². The molecule has 1 heterocycles. The molecule has 0 radical (unpaired) electrons. The summed E-state index contributed by atoms with van der Waals surface area (Å²) in [5.41, 5.74) is -1.52. The van der Waals surface area contributed by atoms with Crippen LogP contribution in [-0.4, -0.2) is 21.2 Å². The lowest BCUT2D eigenvalue weighted by molar-refractivity contribution is -0.155. The summed E-state index contributed by atoms with van der Waals surface area (Å²) < 4.78 is 0. The van der Waals surface area contributed by atoms with E-state index in [1.54, 1.807) is 36.4 Å². The summed E-state index contributed by atoms with van der Waals surface area (Å²) in [4.78, 5) is 15.2. The minimum atomic E-state index is -2.06. The highest BCUT2D eigenvalue weighted by Crippen LogP contribution is 2.29. The number of pyridine rings is 1. The number of carbonyl (C=O) groups is 1. The van der Waals surface area contributed by atoms with Gasteiger partial charge in [0.25, 0.3) is 0 Å². The van der Waals surface area contributed by atoms with Gasteiger partial charge in [0.1, 0.15) is 0 Å². The van der Waals surface area contributed by atoms with Gasteiger partial charge in [0.15, 0.2) is 0 Å². The summed E-state index contributed by atoms with van der Waals surface area (Å²) in [5, 5.41) is 19.7. The molecule has 0 aliphatic heterocycles. The van der Waals surface area contributed by atoms with Gasteiger partial charge in [-0.3, -0.25) is 4.98 Å². The highest BCUT2D eigenvalue weighted by molar-refractivity contribution is 5.83. The molecule has 17 heavy (non-hydrogen) atoms. The Balaban J connectivity index is 2.59. The predicted molar refractivity (Wildman–Crippen MR) is 61.3 cm³/mol. The van der Waals surface area contributed by atoms with Crippen molar-refractivity contribution in [3.63, 3.8) is 0 Å². The number of hydrogen-bond acceptors (Lipinski definition) is 3. The second-order valence-electron chi connectivity index (χ2n) is 3.62. The minimum absolute atomic E-state index is 0.235. The van der Waals surface area contributed by atoms with Crippen LogP contribution in [0.4, 0.5) is 0 Å². The summed E-state index contributed by atoms with van der Waals surface area (Å²) in [7, 11) is 0. The molecule has 0 fully saturated rings. The molecule has 0 aliphatic rings. The molecule has 2 rings (SSSR count). The maximum atomic E-state index is 11.3. The van der Waals surface area contributed by atoms with Crippen molar-refractivity contribution >= 4 is 5.97 Å². The van der Waals surface area contributed by atoms with Gasteiger partial charge in [0.2, 0.25) is 5.60 Å². The molecular weight excluding hydrogens is 218 g/mol. The predicted octanol–water partition coefficient (Wildman–Crippen LogP) is 1.40. The van der Waals surface area contributed by atoms with Crippen LogP contribution >= 0.6 is 0 Å². The fraction of sp³-hybridized carbons (Fsp3) is 0.0769. The number of nitrogens with zero attached hydrogens (tertiary/aromatic N) is 1. The standard InChI is InChI=1S/C13H11NO3/c15-12(16)13(17,10-5-2-1-3-6-10)11-7-4-8-14-9-11/h1-9,17H,(H,15,16). The largest absolute Gasteiger partial charge is 0.479 e. The van der Waals surface area contributed by atoms with E-state index in [4.69, 9.17) is 0 Å². The van der Waals surface area contributed by atoms with Crippen LogP contribution in [0.1, 0.15) is 11.1 Å². The van der Waals surface area contributed by atoms with Gasteiger partial charge in [-0.15, -0.1) is 0 Å². The number of rotatable bonds is 3. The first-order chi connectivity index (χ1) is 8.15. The number of aliphatic hydroxyl groups is 1. The van der Waals surface area contributed by atoms with E-state index in [9.17, 15) is 15.0 Å². The lowest BCUT2D eigenvalue weighted by Crippen LogP contribution is -2.36. The second kappa shape index (κ2) is 4.35. The zero-order valence-corrected chi connectivity index (χ0v) is 8.95. The first-order valence-corrected chi connectivity index (χ1v) is 5.07. The quantitative estimate of drug-likeness (QED) is 0.834. The van der Waals surface area contributed by atoms with Gasteiger partial charge >= 0.3 is 5.97 Å². The van der Waals surface area contributed by atoms with Gasteiger partial charge in [-0.2, -0.15) is 0 Å². The zero-order valence-electron chi connectivity index (χ0n) is 8.95. The van der Waals surface area contributed by atoms with E-state index in [0.29, 0.717) is 5.56 Å². The third kappa shape index (κ3) is 1.90. The Morgan fingerprint density at radius 2 is 1.71 bits per heavy atom. The van der Waals surface area contributed by atoms with Gasteiger partial charge in [0, 0.05) is 18.0 Å². The Morgan fingerprint density at radius 1 is 1.06 bits per heavy atom. The number of carboxylic acid groups (broad SMARTS) is 1. The smallest absolute Gasteiger partial charge is 0.345 e. The van der Waals surface area contributed by atoms with E-state index in [1.807, 2.05) is 0 Å². The van der Waals surface area contributed by atoms with Crippen LogP contribution in [0, 0.1) is 0 Å². The van der Waals surface area contributed by atoms with Crippen molar-refractivity contribution in [1.29, 1.82) is 0 Å². The van der Waals surface area contributed by atoms with E-state index >= 15 is 0 Å². The fourth-order valence-corrected chi connectivity index (χ4v) is 1.67. The van der Waals surface area contributed by atoms with Crippen LogP contribution in [0.15, 0.2) is 54.9 Å². The Labute approximate surface area is 98.2 Å². The van der Waals surface area contributed by atoms with Gasteiger partial charge in [-0.25, -0.2) is 4.79 Å². The Bertz CT molecular complexity index is 471. The minimum Gasteiger partial charge on any atom is -0.479 e. The maximum Gasteiger partial charge on any atom is 0.345 e. The maximum absolute atomic E-state index is 11.3. The Hall–Kier alpha value is -2.20. The van der Waals surface area contributed by atoms with Crippen LogP contribution < -0.4 is 0 Å². The van der Waals surface area contributed by atoms with Crippen molar-refractivity contribution in [1.82, 2.24) is 4.98 Å². The summed E-state index contributed by atoms with van der Waals surface area (Å²) in [6.45, 7) is 0. The lowest BCUT2D eigenvalue weighted by atomic mass is 9.87. The van der Waals surface area contributed by atoms with Crippen molar-refractivity contribution in [2.45, 2.75) is 5.60 Å². The summed E-state index contributed by atoms with van der Waals surface area (Å²) in [6.07, 6.45) is 2.87. The van der Waals surface area contributed by atoms with Crippen LogP contribution in [0.3, 0.4) is 0 Å². The highest BCUT2D eigenvalue weighted by atomic mass is 16.4. The molecule has 2 aromatic rings. The topological polar surface area (TPSA) is 70.4 Å². The van der Waals surface area contributed by atoms with Crippen LogP contribution in [0.25, 0.3) is 0 Å². The van der Waals surface area contributed by atoms with Gasteiger partial charge in [-0.05, 0) is 11.6 Å². The van der Waals surface area contributed by atoms with Gasteiger partial charge in [-0.1, -0.05) is 36.4 Å². The SMILES string of the molecule is O=C(O)C(O)(c1ccccc1)c1cccnc1. The third-order valence-corrected chi connectivity index (χ3v) is 2.58. The van der Waals surface area contributed by atoms with Crippen molar-refractivity contribution < 1.29 is 15.0 Å². The van der Waals surface area contributed by atoms with Crippen molar-refractivity contribution in [2.24, 2.45) is 0 Å². The molecule has 1 aromatic carbocycles. The molecule has 4 nitrogen and oxygen atoms in total. The average Bonchev–Trinajstić information content (AvgIpc) is 2.39. The van der Waals surface area contributed by atoms with Gasteiger partial charge < -0.3 is 10.2 Å². The Morgan fingerprint density at radius 3 is 2.24 bits per heavy atom. The van der Waals surface area contributed by atoms with Gasteiger partial charge in [0.05, 0.1) is 0 Å². The number of carboxylic acids is 1. The molecule has 1 atom stereocenters. The number of benzene rings is 1. The summed E-state index contributed by atoms with van der Waals surface area (Å²) >= 11 is 0. The van der Waals surface area contributed by atoms with Crippen molar-refractivity contribution in [2.75, 3.05) is 0 Å². The number of aromatic nitrogens is 1. The molecule has 86 valence electrons. The van der Waals surface area contributed by atoms with E-state index in [-0.39, 0.29) is 5.56 Å². The summed E-state index contributed by atoms with van der Waals surface area (Å²) in [6, 6.07) is 11.4. The van der Waals surface area contributed by atoms with E-state index < -0.39 is 11.6 Å². The van der Waals surface area contributed by atoms with Crippen molar-refractivity contribution in [3.05, 3.63) is 66.0 Å². The molecular formula is C13H11NO3. The monoisotopic (exact) mass is 229 g/mol. The second-order valence-corrected chi connectivity index (χ2v) is 3.62. The Kier molecular flexibility index (Phi) is 2.89.